The first kappa shape index (κ1) is 13.0. The van der Waals surface area contributed by atoms with Crippen molar-refractivity contribution in [3.05, 3.63) is 59.3 Å². The SMILES string of the molecule is O=C(Cl)c1ccc(Oc2cccc3occc23)cc1Cl. The Bertz CT molecular complexity index is 793. The molecule has 3 rings (SSSR count). The summed E-state index contributed by atoms with van der Waals surface area (Å²) in [6, 6.07) is 12.1. The fourth-order valence-electron chi connectivity index (χ4n) is 1.90. The highest BCUT2D eigenvalue weighted by atomic mass is 35.5. The molecule has 3 nitrogen and oxygen atoms in total. The van der Waals surface area contributed by atoms with Crippen LogP contribution in [-0.4, -0.2) is 5.24 Å². The van der Waals surface area contributed by atoms with Crippen molar-refractivity contribution in [3.63, 3.8) is 0 Å². The van der Waals surface area contributed by atoms with Gasteiger partial charge in [-0.25, -0.2) is 0 Å². The molecule has 3 aromatic rings. The van der Waals surface area contributed by atoms with Gasteiger partial charge < -0.3 is 9.15 Å². The number of hydrogen-bond acceptors (Lipinski definition) is 3. The van der Waals surface area contributed by atoms with E-state index in [0.29, 0.717) is 11.5 Å². The Kier molecular flexibility index (Phi) is 3.38. The molecule has 0 saturated heterocycles. The molecule has 20 heavy (non-hydrogen) atoms. The molecule has 0 atom stereocenters. The van der Waals surface area contributed by atoms with E-state index in [1.165, 1.54) is 6.07 Å². The molecule has 0 aliphatic heterocycles. The summed E-state index contributed by atoms with van der Waals surface area (Å²) in [7, 11) is 0. The largest absolute Gasteiger partial charge is 0.464 e. The van der Waals surface area contributed by atoms with Gasteiger partial charge in [0.2, 0.25) is 0 Å². The lowest BCUT2D eigenvalue weighted by Gasteiger charge is -2.08. The third-order valence-corrected chi connectivity index (χ3v) is 3.35. The van der Waals surface area contributed by atoms with Gasteiger partial charge in [-0.1, -0.05) is 17.7 Å². The number of rotatable bonds is 3. The number of furan rings is 1. The van der Waals surface area contributed by atoms with Gasteiger partial charge in [0.1, 0.15) is 17.1 Å². The molecule has 1 heterocycles. The second-order valence-corrected chi connectivity index (χ2v) is 4.86. The van der Waals surface area contributed by atoms with Crippen molar-refractivity contribution in [1.82, 2.24) is 0 Å². The first-order valence-corrected chi connectivity index (χ1v) is 6.54. The monoisotopic (exact) mass is 306 g/mol. The normalized spacial score (nSPS) is 10.7. The predicted molar refractivity (Wildman–Crippen MR) is 77.9 cm³/mol. The van der Waals surface area contributed by atoms with Gasteiger partial charge in [0, 0.05) is 6.07 Å². The molecule has 0 saturated carbocycles. The van der Waals surface area contributed by atoms with Crippen molar-refractivity contribution >= 4 is 39.4 Å². The maximum Gasteiger partial charge on any atom is 0.253 e. The molecular formula is C15H8Cl2O3. The average molecular weight is 307 g/mol. The van der Waals surface area contributed by atoms with Gasteiger partial charge in [0.25, 0.3) is 5.24 Å². The van der Waals surface area contributed by atoms with Crippen LogP contribution in [0.4, 0.5) is 0 Å². The topological polar surface area (TPSA) is 39.4 Å². The van der Waals surface area contributed by atoms with Crippen LogP contribution in [0.2, 0.25) is 5.02 Å². The van der Waals surface area contributed by atoms with Crippen molar-refractivity contribution in [2.75, 3.05) is 0 Å². The lowest BCUT2D eigenvalue weighted by molar-refractivity contribution is 0.108. The van der Waals surface area contributed by atoms with Crippen LogP contribution in [0.25, 0.3) is 11.0 Å². The molecule has 5 heteroatoms. The Morgan fingerprint density at radius 3 is 2.75 bits per heavy atom. The molecule has 2 aromatic carbocycles. The Morgan fingerprint density at radius 2 is 2.00 bits per heavy atom. The number of ether oxygens (including phenoxy) is 1. The van der Waals surface area contributed by atoms with Crippen molar-refractivity contribution in [3.8, 4) is 11.5 Å². The molecule has 0 aliphatic carbocycles. The third kappa shape index (κ3) is 2.38. The minimum Gasteiger partial charge on any atom is -0.464 e. The van der Waals surface area contributed by atoms with Gasteiger partial charge in [0.05, 0.1) is 22.2 Å². The average Bonchev–Trinajstić information content (AvgIpc) is 2.87. The summed E-state index contributed by atoms with van der Waals surface area (Å²) >= 11 is 11.4. The van der Waals surface area contributed by atoms with Crippen molar-refractivity contribution in [2.45, 2.75) is 0 Å². The maximum absolute atomic E-state index is 11.1. The molecule has 0 aliphatic rings. The van der Waals surface area contributed by atoms with Crippen LogP contribution in [0.3, 0.4) is 0 Å². The summed E-state index contributed by atoms with van der Waals surface area (Å²) in [5, 5.41) is 0.515. The van der Waals surface area contributed by atoms with Gasteiger partial charge in [-0.05, 0) is 41.9 Å². The zero-order valence-corrected chi connectivity index (χ0v) is 11.6. The highest BCUT2D eigenvalue weighted by Gasteiger charge is 2.10. The van der Waals surface area contributed by atoms with Gasteiger partial charge in [0.15, 0.2) is 0 Å². The molecule has 0 spiro atoms. The zero-order chi connectivity index (χ0) is 14.1. The summed E-state index contributed by atoms with van der Waals surface area (Å²) in [5.74, 6) is 1.17. The van der Waals surface area contributed by atoms with Gasteiger partial charge in [-0.15, -0.1) is 0 Å². The first-order chi connectivity index (χ1) is 9.65. The second-order valence-electron chi connectivity index (χ2n) is 4.11. The highest BCUT2D eigenvalue weighted by Crippen LogP contribution is 2.32. The van der Waals surface area contributed by atoms with Crippen LogP contribution in [0.5, 0.6) is 11.5 Å². The van der Waals surface area contributed by atoms with Crippen LogP contribution in [0.15, 0.2) is 53.1 Å². The van der Waals surface area contributed by atoms with Crippen LogP contribution in [0, 0.1) is 0 Å². The van der Waals surface area contributed by atoms with E-state index in [4.69, 9.17) is 32.4 Å². The highest BCUT2D eigenvalue weighted by molar-refractivity contribution is 6.68. The molecule has 0 unspecified atom stereocenters. The summed E-state index contributed by atoms with van der Waals surface area (Å²) in [4.78, 5) is 11.1. The number of halogens is 2. The predicted octanol–water partition coefficient (Wildman–Crippen LogP) is 5.26. The zero-order valence-electron chi connectivity index (χ0n) is 10.1. The number of hydrogen-bond donors (Lipinski definition) is 0. The van der Waals surface area contributed by atoms with E-state index >= 15 is 0 Å². The van der Waals surface area contributed by atoms with E-state index < -0.39 is 5.24 Å². The molecule has 0 bridgehead atoms. The molecule has 0 amide bonds. The van der Waals surface area contributed by atoms with E-state index in [1.807, 2.05) is 24.3 Å². The van der Waals surface area contributed by atoms with Crippen LogP contribution in [-0.2, 0) is 0 Å². The van der Waals surface area contributed by atoms with E-state index in [2.05, 4.69) is 0 Å². The van der Waals surface area contributed by atoms with Gasteiger partial charge in [-0.3, -0.25) is 4.79 Å². The number of fused-ring (bicyclic) bond motifs is 1. The Balaban J connectivity index is 1.97. The Morgan fingerprint density at radius 1 is 1.15 bits per heavy atom. The minimum absolute atomic E-state index is 0.252. The number of benzene rings is 2. The fraction of sp³-hybridized carbons (Fsp3) is 0. The summed E-state index contributed by atoms with van der Waals surface area (Å²) in [6.07, 6.45) is 1.60. The fourth-order valence-corrected chi connectivity index (χ4v) is 2.37. The van der Waals surface area contributed by atoms with Gasteiger partial charge in [-0.2, -0.15) is 0 Å². The van der Waals surface area contributed by atoms with E-state index in [1.54, 1.807) is 18.4 Å². The smallest absolute Gasteiger partial charge is 0.253 e. The Hall–Kier alpha value is -1.97. The van der Waals surface area contributed by atoms with Crippen molar-refractivity contribution in [1.29, 1.82) is 0 Å². The van der Waals surface area contributed by atoms with Gasteiger partial charge >= 0.3 is 0 Å². The maximum atomic E-state index is 11.1. The van der Waals surface area contributed by atoms with Crippen molar-refractivity contribution in [2.24, 2.45) is 0 Å². The molecule has 0 fully saturated rings. The van der Waals surface area contributed by atoms with Crippen LogP contribution in [0.1, 0.15) is 10.4 Å². The van der Waals surface area contributed by atoms with E-state index in [0.717, 1.165) is 11.0 Å². The first-order valence-electron chi connectivity index (χ1n) is 5.78. The van der Waals surface area contributed by atoms with Crippen LogP contribution < -0.4 is 4.74 Å². The van der Waals surface area contributed by atoms with Crippen LogP contribution >= 0.6 is 23.2 Å². The summed E-state index contributed by atoms with van der Waals surface area (Å²) < 4.78 is 11.1. The molecule has 1 aromatic heterocycles. The lowest BCUT2D eigenvalue weighted by Crippen LogP contribution is -1.91. The summed E-state index contributed by atoms with van der Waals surface area (Å²) in [5.41, 5.74) is 0.989. The summed E-state index contributed by atoms with van der Waals surface area (Å²) in [6.45, 7) is 0. The van der Waals surface area contributed by atoms with E-state index in [9.17, 15) is 4.79 Å². The number of carbonyl (C=O) groups is 1. The Labute approximate surface area is 124 Å². The standard InChI is InChI=1S/C15H8Cl2O3/c16-12-8-9(4-5-10(12)15(17)18)20-14-3-1-2-13-11(14)6-7-19-13/h1-8H. The quantitative estimate of drug-likeness (QED) is 0.620. The molecular weight excluding hydrogens is 299 g/mol. The third-order valence-electron chi connectivity index (χ3n) is 2.84. The van der Waals surface area contributed by atoms with Crippen molar-refractivity contribution < 1.29 is 13.9 Å². The number of carbonyl (C=O) groups excluding carboxylic acids is 1. The van der Waals surface area contributed by atoms with E-state index in [-0.39, 0.29) is 10.6 Å². The minimum atomic E-state index is -0.599. The molecule has 0 radical (unpaired) electrons. The molecule has 0 N–H and O–H groups in total. The molecule has 100 valence electrons. The lowest BCUT2D eigenvalue weighted by atomic mass is 10.2. The second kappa shape index (κ2) is 5.19.